The van der Waals surface area contributed by atoms with E-state index < -0.39 is 0 Å². The minimum absolute atomic E-state index is 0.0711. The number of carbonyl (C=O) groups is 1. The highest BCUT2D eigenvalue weighted by Gasteiger charge is 2.23. The smallest absolute Gasteiger partial charge is 0.254 e. The molecule has 6 heteroatoms. The van der Waals surface area contributed by atoms with E-state index in [0.29, 0.717) is 18.7 Å². The van der Waals surface area contributed by atoms with Crippen LogP contribution in [0.15, 0.2) is 65.1 Å². The van der Waals surface area contributed by atoms with E-state index in [1.165, 1.54) is 5.56 Å². The van der Waals surface area contributed by atoms with Gasteiger partial charge in [0.1, 0.15) is 0 Å². The van der Waals surface area contributed by atoms with Crippen molar-refractivity contribution in [2.45, 2.75) is 6.92 Å². The zero-order valence-corrected chi connectivity index (χ0v) is 17.3. The van der Waals surface area contributed by atoms with Gasteiger partial charge >= 0.3 is 0 Å². The van der Waals surface area contributed by atoms with Crippen molar-refractivity contribution in [1.29, 1.82) is 0 Å². The number of rotatable bonds is 3. The van der Waals surface area contributed by atoms with Crippen molar-refractivity contribution in [3.63, 3.8) is 0 Å². The highest BCUT2D eigenvalue weighted by Crippen LogP contribution is 2.20. The van der Waals surface area contributed by atoms with Gasteiger partial charge < -0.3 is 9.80 Å². The number of amides is 1. The number of aryl methyl sites for hydroxylation is 1. The summed E-state index contributed by atoms with van der Waals surface area (Å²) in [5.74, 6) is 0.923. The fraction of sp³-hybridized carbons (Fsp3) is 0.227. The van der Waals surface area contributed by atoms with Crippen LogP contribution in [-0.2, 0) is 0 Å². The van der Waals surface area contributed by atoms with Gasteiger partial charge in [0, 0.05) is 41.8 Å². The molecule has 1 amide bonds. The average molecular weight is 437 g/mol. The van der Waals surface area contributed by atoms with Crippen LogP contribution in [0.1, 0.15) is 15.9 Å². The third-order valence-electron chi connectivity index (χ3n) is 4.96. The van der Waals surface area contributed by atoms with Crippen LogP contribution in [0.2, 0.25) is 0 Å². The van der Waals surface area contributed by atoms with E-state index in [1.807, 2.05) is 41.3 Å². The Labute approximate surface area is 173 Å². The van der Waals surface area contributed by atoms with Gasteiger partial charge in [-0.1, -0.05) is 51.8 Å². The van der Waals surface area contributed by atoms with E-state index in [0.717, 1.165) is 34.6 Å². The molecule has 1 aliphatic heterocycles. The third-order valence-corrected chi connectivity index (χ3v) is 5.45. The fourth-order valence-electron chi connectivity index (χ4n) is 3.31. The number of hydrogen-bond donors (Lipinski definition) is 0. The van der Waals surface area contributed by atoms with Gasteiger partial charge in [-0.15, -0.1) is 10.2 Å². The maximum absolute atomic E-state index is 12.7. The van der Waals surface area contributed by atoms with Gasteiger partial charge in [0.05, 0.1) is 5.69 Å². The second-order valence-corrected chi connectivity index (χ2v) is 7.85. The SMILES string of the molecule is Cc1ccc(-c2ccc(N3CCN(C(=O)c4cccc(Br)c4)CC3)nn2)cc1. The number of aromatic nitrogens is 2. The van der Waals surface area contributed by atoms with Gasteiger partial charge in [0.15, 0.2) is 5.82 Å². The summed E-state index contributed by atoms with van der Waals surface area (Å²) in [6.07, 6.45) is 0. The number of nitrogens with zero attached hydrogens (tertiary/aromatic N) is 4. The molecule has 28 heavy (non-hydrogen) atoms. The van der Waals surface area contributed by atoms with Crippen LogP contribution in [0, 0.1) is 6.92 Å². The van der Waals surface area contributed by atoms with Crippen molar-refractivity contribution in [3.8, 4) is 11.3 Å². The molecular weight excluding hydrogens is 416 g/mol. The predicted molar refractivity (Wildman–Crippen MR) is 114 cm³/mol. The fourth-order valence-corrected chi connectivity index (χ4v) is 3.71. The Bertz CT molecular complexity index is 965. The van der Waals surface area contributed by atoms with Crippen LogP contribution >= 0.6 is 15.9 Å². The summed E-state index contributed by atoms with van der Waals surface area (Å²) in [7, 11) is 0. The second kappa shape index (κ2) is 8.10. The lowest BCUT2D eigenvalue weighted by Crippen LogP contribution is -2.49. The van der Waals surface area contributed by atoms with Gasteiger partial charge in [0.25, 0.3) is 5.91 Å². The van der Waals surface area contributed by atoms with E-state index in [9.17, 15) is 4.79 Å². The number of piperazine rings is 1. The van der Waals surface area contributed by atoms with E-state index in [2.05, 4.69) is 62.2 Å². The lowest BCUT2D eigenvalue weighted by molar-refractivity contribution is 0.0746. The summed E-state index contributed by atoms with van der Waals surface area (Å²) in [5.41, 5.74) is 3.87. The van der Waals surface area contributed by atoms with Gasteiger partial charge in [-0.2, -0.15) is 0 Å². The highest BCUT2D eigenvalue weighted by molar-refractivity contribution is 9.10. The third kappa shape index (κ3) is 4.07. The minimum Gasteiger partial charge on any atom is -0.352 e. The average Bonchev–Trinajstić information content (AvgIpc) is 2.74. The molecule has 0 unspecified atom stereocenters. The molecule has 2 heterocycles. The molecule has 5 nitrogen and oxygen atoms in total. The van der Waals surface area contributed by atoms with Gasteiger partial charge in [0.2, 0.25) is 0 Å². The monoisotopic (exact) mass is 436 g/mol. The molecule has 0 aliphatic carbocycles. The lowest BCUT2D eigenvalue weighted by atomic mass is 10.1. The minimum atomic E-state index is 0.0711. The standard InChI is InChI=1S/C22H21BrN4O/c1-16-5-7-17(8-6-16)20-9-10-21(25-24-20)26-11-13-27(14-12-26)22(28)18-3-2-4-19(23)15-18/h2-10,15H,11-14H2,1H3. The summed E-state index contributed by atoms with van der Waals surface area (Å²) >= 11 is 3.43. The molecule has 1 aliphatic rings. The Morgan fingerprint density at radius 2 is 1.68 bits per heavy atom. The summed E-state index contributed by atoms with van der Waals surface area (Å²) < 4.78 is 0.918. The van der Waals surface area contributed by atoms with Crippen molar-refractivity contribution < 1.29 is 4.79 Å². The van der Waals surface area contributed by atoms with Crippen molar-refractivity contribution >= 4 is 27.7 Å². The molecular formula is C22H21BrN4O. The van der Waals surface area contributed by atoms with Gasteiger partial charge in [-0.3, -0.25) is 4.79 Å². The maximum atomic E-state index is 12.7. The molecule has 1 aromatic heterocycles. The molecule has 0 radical (unpaired) electrons. The first-order valence-corrected chi connectivity index (χ1v) is 10.1. The number of halogens is 1. The molecule has 1 fully saturated rings. The Morgan fingerprint density at radius 3 is 2.32 bits per heavy atom. The molecule has 142 valence electrons. The van der Waals surface area contributed by atoms with Crippen LogP contribution in [0.5, 0.6) is 0 Å². The summed E-state index contributed by atoms with van der Waals surface area (Å²) in [4.78, 5) is 16.8. The van der Waals surface area contributed by atoms with Crippen LogP contribution < -0.4 is 4.90 Å². The van der Waals surface area contributed by atoms with Crippen molar-refractivity contribution in [3.05, 3.63) is 76.3 Å². The first-order chi connectivity index (χ1) is 13.6. The van der Waals surface area contributed by atoms with Crippen molar-refractivity contribution in [2.75, 3.05) is 31.1 Å². The maximum Gasteiger partial charge on any atom is 0.254 e. The molecule has 0 bridgehead atoms. The predicted octanol–water partition coefficient (Wildman–Crippen LogP) is 4.18. The topological polar surface area (TPSA) is 49.3 Å². The zero-order chi connectivity index (χ0) is 19.5. The van der Waals surface area contributed by atoms with Crippen molar-refractivity contribution in [1.82, 2.24) is 15.1 Å². The van der Waals surface area contributed by atoms with Crippen LogP contribution in [0.3, 0.4) is 0 Å². The first kappa shape index (κ1) is 18.6. The van der Waals surface area contributed by atoms with E-state index in [4.69, 9.17) is 0 Å². The molecule has 0 saturated carbocycles. The van der Waals surface area contributed by atoms with E-state index in [-0.39, 0.29) is 5.91 Å². The van der Waals surface area contributed by atoms with Crippen LogP contribution in [0.4, 0.5) is 5.82 Å². The molecule has 4 rings (SSSR count). The largest absolute Gasteiger partial charge is 0.352 e. The molecule has 1 saturated heterocycles. The molecule has 0 N–H and O–H groups in total. The normalized spacial score (nSPS) is 14.2. The summed E-state index contributed by atoms with van der Waals surface area (Å²) in [6.45, 7) is 4.91. The van der Waals surface area contributed by atoms with Crippen LogP contribution in [-0.4, -0.2) is 47.2 Å². The Balaban J connectivity index is 1.39. The summed E-state index contributed by atoms with van der Waals surface area (Å²) in [6, 6.07) is 19.8. The number of carbonyl (C=O) groups excluding carboxylic acids is 1. The number of anilines is 1. The Morgan fingerprint density at radius 1 is 0.929 bits per heavy atom. The quantitative estimate of drug-likeness (QED) is 0.617. The van der Waals surface area contributed by atoms with Gasteiger partial charge in [-0.05, 0) is 37.3 Å². The molecule has 0 atom stereocenters. The van der Waals surface area contributed by atoms with E-state index >= 15 is 0 Å². The highest BCUT2D eigenvalue weighted by atomic mass is 79.9. The molecule has 3 aromatic rings. The first-order valence-electron chi connectivity index (χ1n) is 9.31. The number of hydrogen-bond acceptors (Lipinski definition) is 4. The lowest BCUT2D eigenvalue weighted by Gasteiger charge is -2.35. The van der Waals surface area contributed by atoms with Gasteiger partial charge in [-0.25, -0.2) is 0 Å². The molecule has 2 aromatic carbocycles. The second-order valence-electron chi connectivity index (χ2n) is 6.93. The zero-order valence-electron chi connectivity index (χ0n) is 15.7. The Hall–Kier alpha value is -2.73. The number of benzene rings is 2. The van der Waals surface area contributed by atoms with Crippen LogP contribution in [0.25, 0.3) is 11.3 Å². The molecule has 0 spiro atoms. The van der Waals surface area contributed by atoms with Crippen molar-refractivity contribution in [2.24, 2.45) is 0 Å². The van der Waals surface area contributed by atoms with E-state index in [1.54, 1.807) is 0 Å². The summed E-state index contributed by atoms with van der Waals surface area (Å²) in [5, 5.41) is 8.79. The Kier molecular flexibility index (Phi) is 5.39.